The molecule has 0 saturated heterocycles. The number of hydrogen-bond acceptors (Lipinski definition) is 2. The zero-order chi connectivity index (χ0) is 13.9. The molecule has 0 aliphatic rings. The van der Waals surface area contributed by atoms with E-state index in [0.717, 1.165) is 5.32 Å². The summed E-state index contributed by atoms with van der Waals surface area (Å²) in [6.07, 6.45) is -3.50. The minimum Gasteiger partial charge on any atom is -0.267 e. The molecule has 2 aromatic rings. The summed E-state index contributed by atoms with van der Waals surface area (Å²) in [5.74, 6) is -1.27. The van der Waals surface area contributed by atoms with E-state index in [1.54, 1.807) is 42.5 Å². The van der Waals surface area contributed by atoms with Gasteiger partial charge >= 0.3 is 6.30 Å². The number of pyridine rings is 1. The van der Waals surface area contributed by atoms with E-state index in [9.17, 15) is 18.0 Å². The van der Waals surface area contributed by atoms with Crippen molar-refractivity contribution in [1.82, 2.24) is 10.3 Å². The Morgan fingerprint density at radius 1 is 1.05 bits per heavy atom. The van der Waals surface area contributed by atoms with Crippen molar-refractivity contribution in [2.24, 2.45) is 0 Å². The van der Waals surface area contributed by atoms with Gasteiger partial charge < -0.3 is 0 Å². The lowest BCUT2D eigenvalue weighted by Crippen LogP contribution is -2.37. The first kappa shape index (κ1) is 13.1. The lowest BCUT2D eigenvalue weighted by atomic mass is 10.0. The van der Waals surface area contributed by atoms with Crippen LogP contribution >= 0.6 is 0 Å². The lowest BCUT2D eigenvalue weighted by molar-refractivity contribution is -0.146. The number of benzene rings is 1. The Morgan fingerprint density at radius 2 is 1.74 bits per heavy atom. The molecule has 3 nitrogen and oxygen atoms in total. The molecule has 19 heavy (non-hydrogen) atoms. The van der Waals surface area contributed by atoms with E-state index in [1.165, 1.54) is 6.20 Å². The summed E-state index contributed by atoms with van der Waals surface area (Å²) in [5.41, 5.74) is 0.721. The molecule has 6 heteroatoms. The van der Waals surface area contributed by atoms with Crippen molar-refractivity contribution in [3.63, 3.8) is 0 Å². The van der Waals surface area contributed by atoms with Crippen molar-refractivity contribution < 1.29 is 18.0 Å². The van der Waals surface area contributed by atoms with Gasteiger partial charge in [-0.25, -0.2) is 0 Å². The molecule has 0 radical (unpaired) electrons. The zero-order valence-corrected chi connectivity index (χ0v) is 9.61. The van der Waals surface area contributed by atoms with Crippen molar-refractivity contribution in [1.29, 1.82) is 0 Å². The molecule has 1 aromatic heterocycles. The maximum absolute atomic E-state index is 12.2. The van der Waals surface area contributed by atoms with Gasteiger partial charge in [0.2, 0.25) is 0 Å². The highest BCUT2D eigenvalue weighted by Crippen LogP contribution is 2.22. The number of nitrogens with one attached hydrogen (secondary N) is 1. The Balaban J connectivity index is 2.40. The normalized spacial score (nSPS) is 11.1. The van der Waals surface area contributed by atoms with Gasteiger partial charge in [0, 0.05) is 11.8 Å². The van der Waals surface area contributed by atoms with E-state index in [-0.39, 0.29) is 5.69 Å². The Hall–Kier alpha value is -2.37. The van der Waals surface area contributed by atoms with Crippen LogP contribution in [0.15, 0.2) is 48.7 Å². The number of halogens is 3. The molecule has 0 saturated carbocycles. The van der Waals surface area contributed by atoms with Crippen LogP contribution in [0.3, 0.4) is 0 Å². The fourth-order valence-corrected chi connectivity index (χ4v) is 1.62. The molecule has 0 atom stereocenters. The number of nitrogens with zero attached hydrogens (tertiary/aromatic N) is 1. The van der Waals surface area contributed by atoms with Crippen LogP contribution in [-0.2, 0) is 0 Å². The van der Waals surface area contributed by atoms with Gasteiger partial charge in [-0.2, -0.15) is 13.2 Å². The molecule has 1 heterocycles. The highest BCUT2D eigenvalue weighted by Gasteiger charge is 2.31. The number of carbonyl (C=O) groups is 1. The second-order valence-corrected chi connectivity index (χ2v) is 3.72. The summed E-state index contributed by atoms with van der Waals surface area (Å²) in [6.45, 7) is 0. The highest BCUT2D eigenvalue weighted by atomic mass is 19.4. The molecule has 0 bridgehead atoms. The number of amides is 1. The summed E-state index contributed by atoms with van der Waals surface area (Å²) in [4.78, 5) is 15.3. The van der Waals surface area contributed by atoms with Crippen LogP contribution in [0.25, 0.3) is 11.1 Å². The smallest absolute Gasteiger partial charge is 0.267 e. The quantitative estimate of drug-likeness (QED) is 0.849. The zero-order valence-electron chi connectivity index (χ0n) is 9.61. The number of aromatic nitrogens is 1. The predicted molar refractivity (Wildman–Crippen MR) is 63.2 cm³/mol. The standard InChI is InChI=1S/C13H9F3N2O/c14-13(15,16)18-12(19)11-10(7-4-8-17-11)9-5-2-1-3-6-9/h1-8H,(H,18,19). The van der Waals surface area contributed by atoms with Gasteiger partial charge in [0.1, 0.15) is 5.69 Å². The minimum absolute atomic E-state index is 0.258. The van der Waals surface area contributed by atoms with Crippen molar-refractivity contribution in [3.8, 4) is 11.1 Å². The molecule has 2 rings (SSSR count). The number of hydrogen-bond donors (Lipinski definition) is 1. The van der Waals surface area contributed by atoms with Gasteiger partial charge in [-0.1, -0.05) is 36.4 Å². The summed E-state index contributed by atoms with van der Waals surface area (Å²) in [6, 6.07) is 11.7. The summed E-state index contributed by atoms with van der Waals surface area (Å²) in [7, 11) is 0. The third kappa shape index (κ3) is 3.31. The fourth-order valence-electron chi connectivity index (χ4n) is 1.62. The highest BCUT2D eigenvalue weighted by molar-refractivity contribution is 5.99. The molecular formula is C13H9F3N2O. The third-order valence-corrected chi connectivity index (χ3v) is 2.36. The largest absolute Gasteiger partial charge is 0.484 e. The maximum atomic E-state index is 12.2. The fraction of sp³-hybridized carbons (Fsp3) is 0.0769. The molecule has 0 spiro atoms. The van der Waals surface area contributed by atoms with Gasteiger partial charge in [-0.05, 0) is 11.6 Å². The van der Waals surface area contributed by atoms with E-state index in [0.29, 0.717) is 11.1 Å². The van der Waals surface area contributed by atoms with Crippen molar-refractivity contribution in [3.05, 3.63) is 54.4 Å². The van der Waals surface area contributed by atoms with Crippen LogP contribution in [0, 0.1) is 0 Å². The van der Waals surface area contributed by atoms with Gasteiger partial charge in [-0.15, -0.1) is 0 Å². The van der Waals surface area contributed by atoms with E-state index in [4.69, 9.17) is 0 Å². The maximum Gasteiger partial charge on any atom is 0.484 e. The van der Waals surface area contributed by atoms with Gasteiger partial charge in [0.15, 0.2) is 0 Å². The molecule has 1 amide bonds. The lowest BCUT2D eigenvalue weighted by Gasteiger charge is -2.11. The summed E-state index contributed by atoms with van der Waals surface area (Å²) in [5, 5.41) is 0.944. The monoisotopic (exact) mass is 266 g/mol. The molecule has 1 N–H and O–H groups in total. The molecule has 0 fully saturated rings. The van der Waals surface area contributed by atoms with E-state index < -0.39 is 12.2 Å². The number of rotatable bonds is 2. The molecular weight excluding hydrogens is 257 g/mol. The third-order valence-electron chi connectivity index (χ3n) is 2.36. The number of alkyl halides is 3. The summed E-state index contributed by atoms with van der Waals surface area (Å²) < 4.78 is 36.5. The average Bonchev–Trinajstić information content (AvgIpc) is 2.38. The van der Waals surface area contributed by atoms with Gasteiger partial charge in [0.25, 0.3) is 5.91 Å². The minimum atomic E-state index is -4.78. The Bertz CT molecular complexity index is 582. The first-order valence-electron chi connectivity index (χ1n) is 5.37. The predicted octanol–water partition coefficient (Wildman–Crippen LogP) is 3.00. The average molecular weight is 266 g/mol. The Kier molecular flexibility index (Phi) is 3.50. The van der Waals surface area contributed by atoms with Crippen LogP contribution in [0.1, 0.15) is 10.5 Å². The topological polar surface area (TPSA) is 42.0 Å². The molecule has 0 aliphatic carbocycles. The number of carbonyl (C=O) groups excluding carboxylic acids is 1. The molecule has 98 valence electrons. The van der Waals surface area contributed by atoms with Crippen molar-refractivity contribution in [2.45, 2.75) is 6.30 Å². The first-order chi connectivity index (χ1) is 8.97. The Labute approximate surface area is 107 Å². The Morgan fingerprint density at radius 3 is 2.37 bits per heavy atom. The molecule has 1 aromatic carbocycles. The van der Waals surface area contributed by atoms with Crippen LogP contribution in [-0.4, -0.2) is 17.2 Å². The van der Waals surface area contributed by atoms with Gasteiger partial charge in [-0.3, -0.25) is 15.1 Å². The second kappa shape index (κ2) is 5.09. The van der Waals surface area contributed by atoms with Crippen LogP contribution in [0.5, 0.6) is 0 Å². The van der Waals surface area contributed by atoms with Gasteiger partial charge in [0.05, 0.1) is 0 Å². The SMILES string of the molecule is O=C(NC(F)(F)F)c1ncccc1-c1ccccc1. The van der Waals surface area contributed by atoms with E-state index in [2.05, 4.69) is 4.98 Å². The second-order valence-electron chi connectivity index (χ2n) is 3.72. The van der Waals surface area contributed by atoms with Crippen LogP contribution in [0.4, 0.5) is 13.2 Å². The summed E-state index contributed by atoms with van der Waals surface area (Å²) >= 11 is 0. The molecule has 0 unspecified atom stereocenters. The first-order valence-corrected chi connectivity index (χ1v) is 5.37. The van der Waals surface area contributed by atoms with Crippen molar-refractivity contribution in [2.75, 3.05) is 0 Å². The molecule has 0 aliphatic heterocycles. The van der Waals surface area contributed by atoms with Crippen LogP contribution < -0.4 is 5.32 Å². The van der Waals surface area contributed by atoms with E-state index >= 15 is 0 Å². The van der Waals surface area contributed by atoms with Crippen molar-refractivity contribution >= 4 is 5.91 Å². The van der Waals surface area contributed by atoms with E-state index in [1.807, 2.05) is 0 Å². The van der Waals surface area contributed by atoms with Crippen LogP contribution in [0.2, 0.25) is 0 Å².